The van der Waals surface area contributed by atoms with Crippen LogP contribution in [0.1, 0.15) is 47.9 Å². The first-order valence-corrected chi connectivity index (χ1v) is 8.84. The van der Waals surface area contributed by atoms with Gasteiger partial charge in [-0.3, -0.25) is 18.8 Å². The molecule has 0 aromatic carbocycles. The predicted molar refractivity (Wildman–Crippen MR) is 95.5 cm³/mol. The summed E-state index contributed by atoms with van der Waals surface area (Å²) in [4.78, 5) is 22.4. The van der Waals surface area contributed by atoms with Crippen LogP contribution >= 0.6 is 0 Å². The summed E-state index contributed by atoms with van der Waals surface area (Å²) in [7, 11) is 1.99. The number of rotatable bonds is 3. The van der Waals surface area contributed by atoms with E-state index in [0.717, 1.165) is 30.9 Å². The van der Waals surface area contributed by atoms with E-state index in [1.807, 2.05) is 11.7 Å². The summed E-state index contributed by atoms with van der Waals surface area (Å²) in [6.07, 6.45) is 6.75. The Labute approximate surface area is 146 Å². The van der Waals surface area contributed by atoms with Gasteiger partial charge in [-0.25, -0.2) is 4.98 Å². The van der Waals surface area contributed by atoms with E-state index in [9.17, 15) is 4.79 Å². The van der Waals surface area contributed by atoms with Crippen LogP contribution in [-0.4, -0.2) is 35.6 Å². The zero-order chi connectivity index (χ0) is 17.6. The van der Waals surface area contributed by atoms with Gasteiger partial charge in [-0.1, -0.05) is 6.42 Å². The first-order valence-electron chi connectivity index (χ1n) is 8.84. The van der Waals surface area contributed by atoms with Gasteiger partial charge < -0.3 is 4.98 Å². The van der Waals surface area contributed by atoms with Crippen molar-refractivity contribution in [3.8, 4) is 0 Å². The molecule has 0 saturated carbocycles. The van der Waals surface area contributed by atoms with Crippen molar-refractivity contribution in [1.82, 2.24) is 29.0 Å². The number of nitrogens with zero attached hydrogens (tertiary/aromatic N) is 5. The number of aromatic nitrogens is 5. The van der Waals surface area contributed by atoms with Gasteiger partial charge in [0.15, 0.2) is 0 Å². The lowest BCUT2D eigenvalue weighted by Crippen LogP contribution is -2.34. The second-order valence-corrected chi connectivity index (χ2v) is 6.94. The predicted octanol–water partition coefficient (Wildman–Crippen LogP) is 2.10. The number of hydrogen-bond acceptors (Lipinski definition) is 4. The lowest BCUT2D eigenvalue weighted by atomic mass is 9.98. The first-order chi connectivity index (χ1) is 12.0. The highest BCUT2D eigenvalue weighted by atomic mass is 16.1. The molecular weight excluding hydrogens is 316 g/mol. The van der Waals surface area contributed by atoms with Gasteiger partial charge in [-0.15, -0.1) is 0 Å². The van der Waals surface area contributed by atoms with Crippen LogP contribution in [0.4, 0.5) is 0 Å². The highest BCUT2D eigenvalue weighted by molar-refractivity contribution is 5.30. The molecule has 0 bridgehead atoms. The summed E-state index contributed by atoms with van der Waals surface area (Å²) in [5.74, 6) is 0.613. The first kappa shape index (κ1) is 16.1. The zero-order valence-corrected chi connectivity index (χ0v) is 15.0. The van der Waals surface area contributed by atoms with Gasteiger partial charge in [0.2, 0.25) is 5.78 Å². The fraction of sp³-hybridized carbons (Fsp3) is 0.500. The second kappa shape index (κ2) is 6.15. The van der Waals surface area contributed by atoms with Gasteiger partial charge in [0.05, 0.1) is 11.7 Å². The van der Waals surface area contributed by atoms with Crippen LogP contribution in [0.2, 0.25) is 0 Å². The largest absolute Gasteiger partial charge is 0.327 e. The van der Waals surface area contributed by atoms with Crippen LogP contribution < -0.4 is 5.56 Å². The average molecular weight is 340 g/mol. The summed E-state index contributed by atoms with van der Waals surface area (Å²) < 4.78 is 3.49. The van der Waals surface area contributed by atoms with Crippen molar-refractivity contribution in [1.29, 1.82) is 0 Å². The molecule has 1 N–H and O–H groups in total. The van der Waals surface area contributed by atoms with Crippen LogP contribution in [0, 0.1) is 13.8 Å². The van der Waals surface area contributed by atoms with Crippen molar-refractivity contribution in [3.63, 3.8) is 0 Å². The molecule has 4 heterocycles. The van der Waals surface area contributed by atoms with Crippen LogP contribution in [-0.2, 0) is 13.6 Å². The standard InChI is InChI=1S/C18H24N6O/c1-12-14(13(2)22(3)21-12)11-23-8-5-4-6-16(23)15-10-17(25)24-9-7-19-18(24)20-15/h7,9-10,16H,4-6,8,11H2,1-3H3,(H,19,20)/t16-/m1/s1. The summed E-state index contributed by atoms with van der Waals surface area (Å²) in [6.45, 7) is 6.07. The molecule has 0 radical (unpaired) electrons. The number of hydrogen-bond donors (Lipinski definition) is 1. The molecule has 1 atom stereocenters. The maximum absolute atomic E-state index is 12.4. The number of aryl methyl sites for hydroxylation is 2. The smallest absolute Gasteiger partial charge is 0.259 e. The molecule has 1 fully saturated rings. The van der Waals surface area contributed by atoms with Gasteiger partial charge in [0.1, 0.15) is 0 Å². The van der Waals surface area contributed by atoms with E-state index < -0.39 is 0 Å². The number of H-pyrrole nitrogens is 1. The van der Waals surface area contributed by atoms with E-state index in [-0.39, 0.29) is 11.6 Å². The fourth-order valence-electron chi connectivity index (χ4n) is 3.90. The fourth-order valence-corrected chi connectivity index (χ4v) is 3.90. The quantitative estimate of drug-likeness (QED) is 0.793. The molecule has 0 amide bonds. The average Bonchev–Trinajstić information content (AvgIpc) is 3.16. The Morgan fingerprint density at radius 1 is 1.32 bits per heavy atom. The number of imidazole rings is 1. The van der Waals surface area contributed by atoms with Gasteiger partial charge in [0, 0.05) is 49.0 Å². The molecule has 1 aliphatic rings. The van der Waals surface area contributed by atoms with Crippen LogP contribution in [0.3, 0.4) is 0 Å². The van der Waals surface area contributed by atoms with E-state index in [1.54, 1.807) is 22.9 Å². The minimum Gasteiger partial charge on any atom is -0.327 e. The Hall–Kier alpha value is -2.41. The maximum Gasteiger partial charge on any atom is 0.259 e. The van der Waals surface area contributed by atoms with Gasteiger partial charge in [0.25, 0.3) is 5.56 Å². The van der Waals surface area contributed by atoms with Gasteiger partial charge in [-0.05, 0) is 33.2 Å². The lowest BCUT2D eigenvalue weighted by Gasteiger charge is -2.35. The third-order valence-electron chi connectivity index (χ3n) is 5.41. The molecule has 0 unspecified atom stereocenters. The number of piperidine rings is 1. The molecule has 132 valence electrons. The van der Waals surface area contributed by atoms with E-state index in [2.05, 4.69) is 33.8 Å². The molecule has 7 nitrogen and oxygen atoms in total. The van der Waals surface area contributed by atoms with E-state index >= 15 is 0 Å². The molecule has 3 aromatic rings. The van der Waals surface area contributed by atoms with Gasteiger partial charge in [-0.2, -0.15) is 5.10 Å². The lowest BCUT2D eigenvalue weighted by molar-refractivity contribution is 0.136. The maximum atomic E-state index is 12.4. The normalized spacial score (nSPS) is 18.9. The van der Waals surface area contributed by atoms with E-state index in [1.165, 1.54) is 24.1 Å². The van der Waals surface area contributed by atoms with Crippen LogP contribution in [0.5, 0.6) is 0 Å². The highest BCUT2D eigenvalue weighted by Crippen LogP contribution is 2.31. The minimum absolute atomic E-state index is 0.0273. The number of likely N-dealkylation sites (tertiary alicyclic amines) is 1. The topological polar surface area (TPSA) is 71.2 Å². The zero-order valence-electron chi connectivity index (χ0n) is 15.0. The van der Waals surface area contributed by atoms with Crippen molar-refractivity contribution in [3.05, 3.63) is 51.5 Å². The SMILES string of the molecule is Cc1nn(C)c(C)c1CN1CCCC[C@@H]1c1cc(=O)n2ccnc2[nH]1. The number of nitrogens with one attached hydrogen (secondary N) is 1. The minimum atomic E-state index is -0.0273. The summed E-state index contributed by atoms with van der Waals surface area (Å²) >= 11 is 0. The van der Waals surface area contributed by atoms with Crippen molar-refractivity contribution < 1.29 is 0 Å². The van der Waals surface area contributed by atoms with E-state index in [0.29, 0.717) is 5.78 Å². The number of aromatic amines is 1. The molecule has 0 spiro atoms. The monoisotopic (exact) mass is 340 g/mol. The Balaban J connectivity index is 1.69. The van der Waals surface area contributed by atoms with Crippen molar-refractivity contribution in [2.24, 2.45) is 7.05 Å². The van der Waals surface area contributed by atoms with Crippen LogP contribution in [0.25, 0.3) is 5.78 Å². The van der Waals surface area contributed by atoms with Crippen molar-refractivity contribution in [2.75, 3.05) is 6.54 Å². The summed E-state index contributed by atoms with van der Waals surface area (Å²) in [5, 5.41) is 4.54. The third kappa shape index (κ3) is 2.78. The number of fused-ring (bicyclic) bond motifs is 1. The highest BCUT2D eigenvalue weighted by Gasteiger charge is 2.27. The van der Waals surface area contributed by atoms with Gasteiger partial charge >= 0.3 is 0 Å². The summed E-state index contributed by atoms with van der Waals surface area (Å²) in [5.41, 5.74) is 4.52. The molecule has 1 aliphatic heterocycles. The second-order valence-electron chi connectivity index (χ2n) is 6.94. The molecule has 4 rings (SSSR count). The molecule has 0 aliphatic carbocycles. The molecular formula is C18H24N6O. The Bertz CT molecular complexity index is 966. The van der Waals surface area contributed by atoms with Crippen molar-refractivity contribution >= 4 is 5.78 Å². The van der Waals surface area contributed by atoms with Crippen molar-refractivity contribution in [2.45, 2.75) is 45.7 Å². The summed E-state index contributed by atoms with van der Waals surface area (Å²) in [6, 6.07) is 1.93. The molecule has 7 heteroatoms. The molecule has 1 saturated heterocycles. The third-order valence-corrected chi connectivity index (χ3v) is 5.41. The Morgan fingerprint density at radius 2 is 2.16 bits per heavy atom. The van der Waals surface area contributed by atoms with E-state index in [4.69, 9.17) is 0 Å². The molecule has 3 aromatic heterocycles. The molecule has 25 heavy (non-hydrogen) atoms. The Kier molecular flexibility index (Phi) is 3.95. The van der Waals surface area contributed by atoms with Crippen LogP contribution in [0.15, 0.2) is 23.3 Å². The Morgan fingerprint density at radius 3 is 2.92 bits per heavy atom.